The first kappa shape index (κ1) is 13.2. The predicted octanol–water partition coefficient (Wildman–Crippen LogP) is -0.190. The zero-order valence-corrected chi connectivity index (χ0v) is 10.4. The van der Waals surface area contributed by atoms with Gasteiger partial charge in [-0.05, 0) is 26.6 Å². The van der Waals surface area contributed by atoms with Crippen LogP contribution in [-0.4, -0.2) is 43.2 Å². The van der Waals surface area contributed by atoms with Crippen LogP contribution in [0.2, 0.25) is 0 Å². The van der Waals surface area contributed by atoms with Gasteiger partial charge in [-0.15, -0.1) is 0 Å². The third-order valence-corrected chi connectivity index (χ3v) is 2.66. The lowest BCUT2D eigenvalue weighted by atomic mass is 10.4. The molecule has 0 radical (unpaired) electrons. The Morgan fingerprint density at radius 2 is 1.80 bits per heavy atom. The molecule has 1 heterocycles. The van der Waals surface area contributed by atoms with Gasteiger partial charge < -0.3 is 0 Å². The van der Waals surface area contributed by atoms with Crippen LogP contribution in [0.5, 0.6) is 0 Å². The van der Waals surface area contributed by atoms with Crippen molar-refractivity contribution in [1.29, 1.82) is 0 Å². The van der Waals surface area contributed by atoms with Crippen molar-refractivity contribution in [1.82, 2.24) is 26.2 Å². The van der Waals surface area contributed by atoms with Crippen LogP contribution in [-0.2, 0) is 0 Å². The Labute approximate surface area is 96.9 Å². The van der Waals surface area contributed by atoms with Gasteiger partial charge in [-0.3, -0.25) is 26.2 Å². The van der Waals surface area contributed by atoms with E-state index >= 15 is 0 Å². The highest BCUT2D eigenvalue weighted by Crippen LogP contribution is 2.04. The van der Waals surface area contributed by atoms with E-state index in [4.69, 9.17) is 11.6 Å². The van der Waals surface area contributed by atoms with E-state index in [-0.39, 0.29) is 18.2 Å². The van der Waals surface area contributed by atoms with Crippen LogP contribution in [0.4, 0.5) is 0 Å². The van der Waals surface area contributed by atoms with E-state index in [2.05, 4.69) is 40.0 Å². The van der Waals surface area contributed by atoms with E-state index in [1.807, 2.05) is 7.05 Å². The van der Waals surface area contributed by atoms with Gasteiger partial charge >= 0.3 is 0 Å². The zero-order chi connectivity index (χ0) is 11.3. The molecule has 90 valence electrons. The van der Waals surface area contributed by atoms with E-state index in [0.717, 1.165) is 19.5 Å². The van der Waals surface area contributed by atoms with Crippen LogP contribution >= 0.6 is 11.6 Å². The molecule has 15 heavy (non-hydrogen) atoms. The third kappa shape index (κ3) is 3.86. The van der Waals surface area contributed by atoms with Gasteiger partial charge in [-0.2, -0.15) is 0 Å². The molecule has 0 aromatic heterocycles. The number of nitrogens with one attached hydrogen (secondary N) is 4. The Bertz CT molecular complexity index is 180. The summed E-state index contributed by atoms with van der Waals surface area (Å²) < 4.78 is 0. The van der Waals surface area contributed by atoms with Gasteiger partial charge in [0.2, 0.25) is 0 Å². The molecule has 0 bridgehead atoms. The smallest absolute Gasteiger partial charge is 0.139 e. The van der Waals surface area contributed by atoms with E-state index in [1.165, 1.54) is 0 Å². The molecule has 1 fully saturated rings. The van der Waals surface area contributed by atoms with E-state index in [1.54, 1.807) is 0 Å². The Balaban J connectivity index is 2.47. The fourth-order valence-electron chi connectivity index (χ4n) is 1.59. The number of rotatable bonds is 5. The standard InChI is InChI=1S/C9H22ClN5/c1-4-6-12-9-14-7(10)13-8(11-5-2)15(9)3/h7-9,11-14H,4-6H2,1-3H3. The quantitative estimate of drug-likeness (QED) is 0.393. The lowest BCUT2D eigenvalue weighted by Gasteiger charge is -2.43. The van der Waals surface area contributed by atoms with E-state index < -0.39 is 0 Å². The monoisotopic (exact) mass is 235 g/mol. The second-order valence-corrected chi connectivity index (χ2v) is 4.11. The predicted molar refractivity (Wildman–Crippen MR) is 63.2 cm³/mol. The molecule has 5 nitrogen and oxygen atoms in total. The fourth-order valence-corrected chi connectivity index (χ4v) is 1.83. The summed E-state index contributed by atoms with van der Waals surface area (Å²) in [5.74, 6) is 0. The Hall–Kier alpha value is 0.0900. The lowest BCUT2D eigenvalue weighted by molar-refractivity contribution is 0.0275. The number of halogens is 1. The SMILES string of the molecule is CCCNC1NC(Cl)NC(NCC)N1C. The van der Waals surface area contributed by atoms with Gasteiger partial charge in [0.1, 0.15) is 18.2 Å². The maximum Gasteiger partial charge on any atom is 0.139 e. The molecule has 0 saturated carbocycles. The average molecular weight is 236 g/mol. The molecule has 0 spiro atoms. The summed E-state index contributed by atoms with van der Waals surface area (Å²) in [5, 5.41) is 13.1. The highest BCUT2D eigenvalue weighted by Gasteiger charge is 2.29. The molecule has 0 aliphatic carbocycles. The molecule has 1 rings (SSSR count). The maximum absolute atomic E-state index is 6.06. The number of hydrogen-bond donors (Lipinski definition) is 4. The van der Waals surface area contributed by atoms with E-state index in [9.17, 15) is 0 Å². The van der Waals surface area contributed by atoms with Crippen molar-refractivity contribution < 1.29 is 0 Å². The van der Waals surface area contributed by atoms with Crippen molar-refractivity contribution in [2.24, 2.45) is 0 Å². The van der Waals surface area contributed by atoms with Gasteiger partial charge in [0.05, 0.1) is 0 Å². The van der Waals surface area contributed by atoms with Crippen molar-refractivity contribution >= 4 is 11.6 Å². The largest absolute Gasteiger partial charge is 0.290 e. The Kier molecular flexibility index (Phi) is 5.81. The van der Waals surface area contributed by atoms with Gasteiger partial charge in [-0.25, -0.2) is 0 Å². The van der Waals surface area contributed by atoms with Crippen LogP contribution in [0.25, 0.3) is 0 Å². The van der Waals surface area contributed by atoms with Crippen LogP contribution in [0.15, 0.2) is 0 Å². The highest BCUT2D eigenvalue weighted by molar-refractivity contribution is 6.20. The molecule has 0 aromatic carbocycles. The second kappa shape index (κ2) is 6.62. The zero-order valence-electron chi connectivity index (χ0n) is 9.68. The summed E-state index contributed by atoms with van der Waals surface area (Å²) in [4.78, 5) is 2.15. The third-order valence-electron chi connectivity index (χ3n) is 2.41. The number of alkyl halides is 1. The van der Waals surface area contributed by atoms with Gasteiger partial charge in [0, 0.05) is 0 Å². The van der Waals surface area contributed by atoms with Crippen molar-refractivity contribution in [2.75, 3.05) is 20.1 Å². The number of nitrogens with zero attached hydrogens (tertiary/aromatic N) is 1. The molecule has 0 amide bonds. The minimum Gasteiger partial charge on any atom is -0.290 e. The Morgan fingerprint density at radius 3 is 2.33 bits per heavy atom. The summed E-state index contributed by atoms with van der Waals surface area (Å²) in [5.41, 5.74) is -0.209. The highest BCUT2D eigenvalue weighted by atomic mass is 35.5. The lowest BCUT2D eigenvalue weighted by Crippen LogP contribution is -2.73. The van der Waals surface area contributed by atoms with Crippen molar-refractivity contribution in [2.45, 2.75) is 38.5 Å². The van der Waals surface area contributed by atoms with E-state index in [0.29, 0.717) is 0 Å². The van der Waals surface area contributed by atoms with Gasteiger partial charge in [0.25, 0.3) is 0 Å². The molecule has 3 unspecified atom stereocenters. The fraction of sp³-hybridized carbons (Fsp3) is 1.00. The maximum atomic E-state index is 6.06. The summed E-state index contributed by atoms with van der Waals surface area (Å²) in [7, 11) is 2.05. The van der Waals surface area contributed by atoms with Crippen molar-refractivity contribution in [3.05, 3.63) is 0 Å². The van der Waals surface area contributed by atoms with Gasteiger partial charge in [-0.1, -0.05) is 25.4 Å². The minimum absolute atomic E-state index is 0.105. The first-order chi connectivity index (χ1) is 7.19. The molecule has 4 N–H and O–H groups in total. The first-order valence-electron chi connectivity index (χ1n) is 5.54. The molecular formula is C9H22ClN5. The van der Waals surface area contributed by atoms with Crippen molar-refractivity contribution in [3.8, 4) is 0 Å². The molecule has 3 atom stereocenters. The van der Waals surface area contributed by atoms with Crippen LogP contribution in [0.3, 0.4) is 0 Å². The molecule has 6 heteroatoms. The molecule has 1 saturated heterocycles. The average Bonchev–Trinajstić information content (AvgIpc) is 2.21. The first-order valence-corrected chi connectivity index (χ1v) is 5.97. The summed E-state index contributed by atoms with van der Waals surface area (Å²) >= 11 is 6.06. The summed E-state index contributed by atoms with van der Waals surface area (Å²) in [6, 6.07) is 0. The normalized spacial score (nSPS) is 33.2. The number of hydrogen-bond acceptors (Lipinski definition) is 5. The molecule has 1 aliphatic heterocycles. The van der Waals surface area contributed by atoms with Crippen LogP contribution in [0, 0.1) is 0 Å². The molecule has 1 aliphatic rings. The van der Waals surface area contributed by atoms with Crippen LogP contribution < -0.4 is 21.3 Å². The Morgan fingerprint density at radius 1 is 1.20 bits per heavy atom. The summed E-state index contributed by atoms with van der Waals surface area (Å²) in [6.07, 6.45) is 1.32. The molecular weight excluding hydrogens is 214 g/mol. The van der Waals surface area contributed by atoms with Crippen LogP contribution in [0.1, 0.15) is 20.3 Å². The minimum atomic E-state index is -0.209. The summed E-state index contributed by atoms with van der Waals surface area (Å²) in [6.45, 7) is 6.11. The molecule has 0 aromatic rings. The second-order valence-electron chi connectivity index (χ2n) is 3.68. The van der Waals surface area contributed by atoms with Crippen molar-refractivity contribution in [3.63, 3.8) is 0 Å². The van der Waals surface area contributed by atoms with Gasteiger partial charge in [0.15, 0.2) is 0 Å². The topological polar surface area (TPSA) is 51.4 Å².